The Kier molecular flexibility index (Phi) is 8.83. The molecule has 1 aliphatic rings. The number of anilines is 1. The number of hydrogen-bond donors (Lipinski definition) is 2. The van der Waals surface area contributed by atoms with E-state index in [1.807, 2.05) is 6.92 Å². The number of hydrogen-bond acceptors (Lipinski definition) is 5. The third-order valence-corrected chi connectivity index (χ3v) is 4.70. The second-order valence-electron chi connectivity index (χ2n) is 6.70. The zero-order valence-corrected chi connectivity index (χ0v) is 16.3. The normalized spacial score (nSPS) is 15.4. The SMILES string of the molecule is CCNC(=NCCNc1ccccc1[N+](=O)[O-])N(C)CCC1CCOCC1. The molecule has 2 N–H and O–H groups in total. The quantitative estimate of drug-likeness (QED) is 0.226. The number of aliphatic imine (C=N–C) groups is 1. The van der Waals surface area contributed by atoms with Crippen LogP contribution in [0.2, 0.25) is 0 Å². The Morgan fingerprint density at radius 3 is 2.81 bits per heavy atom. The molecule has 1 heterocycles. The first-order valence-electron chi connectivity index (χ1n) is 9.66. The van der Waals surface area contributed by atoms with Crippen molar-refractivity contribution < 1.29 is 9.66 Å². The van der Waals surface area contributed by atoms with E-state index in [1.54, 1.807) is 18.2 Å². The molecule has 0 amide bonds. The van der Waals surface area contributed by atoms with Crippen molar-refractivity contribution in [1.29, 1.82) is 0 Å². The summed E-state index contributed by atoms with van der Waals surface area (Å²) in [5.74, 6) is 1.60. The first-order valence-corrected chi connectivity index (χ1v) is 9.66. The van der Waals surface area contributed by atoms with E-state index >= 15 is 0 Å². The summed E-state index contributed by atoms with van der Waals surface area (Å²) >= 11 is 0. The minimum Gasteiger partial charge on any atom is -0.381 e. The highest BCUT2D eigenvalue weighted by atomic mass is 16.6. The predicted molar refractivity (Wildman–Crippen MR) is 108 cm³/mol. The number of benzene rings is 1. The van der Waals surface area contributed by atoms with Gasteiger partial charge in [-0.25, -0.2) is 0 Å². The molecule has 1 aliphatic heterocycles. The Morgan fingerprint density at radius 2 is 2.11 bits per heavy atom. The number of para-hydroxylation sites is 2. The van der Waals surface area contributed by atoms with Crippen LogP contribution in [0.4, 0.5) is 11.4 Å². The third-order valence-electron chi connectivity index (χ3n) is 4.70. The molecule has 8 nitrogen and oxygen atoms in total. The minimum atomic E-state index is -0.375. The second-order valence-corrected chi connectivity index (χ2v) is 6.70. The summed E-state index contributed by atoms with van der Waals surface area (Å²) < 4.78 is 5.42. The number of rotatable bonds is 9. The molecular formula is C19H31N5O3. The molecule has 0 aromatic heterocycles. The number of guanidine groups is 1. The zero-order chi connectivity index (χ0) is 19.5. The van der Waals surface area contributed by atoms with Crippen LogP contribution in [0.3, 0.4) is 0 Å². The van der Waals surface area contributed by atoms with Crippen molar-refractivity contribution in [2.24, 2.45) is 10.9 Å². The Hall–Kier alpha value is -2.35. The molecule has 1 aromatic rings. The monoisotopic (exact) mass is 377 g/mol. The smallest absolute Gasteiger partial charge is 0.292 e. The minimum absolute atomic E-state index is 0.0852. The standard InChI is InChI=1S/C19H31N5O3/c1-3-20-19(23(2)13-8-16-9-14-27-15-10-16)22-12-11-21-17-6-4-5-7-18(17)24(25)26/h4-7,16,21H,3,8-15H2,1-2H3,(H,20,22). The van der Waals surface area contributed by atoms with E-state index in [0.717, 1.165) is 57.4 Å². The first kappa shape index (κ1) is 21.0. The van der Waals surface area contributed by atoms with Crippen LogP contribution in [0.15, 0.2) is 29.3 Å². The number of ether oxygens (including phenoxy) is 1. The summed E-state index contributed by atoms with van der Waals surface area (Å²) in [7, 11) is 2.05. The topological polar surface area (TPSA) is 92.0 Å². The third kappa shape index (κ3) is 7.05. The molecule has 150 valence electrons. The van der Waals surface area contributed by atoms with Crippen LogP contribution in [0, 0.1) is 16.0 Å². The molecule has 1 aromatic carbocycles. The summed E-state index contributed by atoms with van der Waals surface area (Å²) in [4.78, 5) is 17.5. The van der Waals surface area contributed by atoms with E-state index in [-0.39, 0.29) is 10.6 Å². The van der Waals surface area contributed by atoms with Crippen molar-refractivity contribution >= 4 is 17.3 Å². The van der Waals surface area contributed by atoms with Crippen LogP contribution >= 0.6 is 0 Å². The van der Waals surface area contributed by atoms with Gasteiger partial charge in [0.05, 0.1) is 11.5 Å². The van der Waals surface area contributed by atoms with Crippen LogP contribution < -0.4 is 10.6 Å². The van der Waals surface area contributed by atoms with Gasteiger partial charge in [-0.05, 0) is 38.2 Å². The maximum atomic E-state index is 11.1. The first-order chi connectivity index (χ1) is 13.1. The molecule has 1 saturated heterocycles. The molecule has 2 rings (SSSR count). The van der Waals surface area contributed by atoms with Crippen molar-refractivity contribution in [2.75, 3.05) is 51.8 Å². The fourth-order valence-corrected chi connectivity index (χ4v) is 3.12. The highest BCUT2D eigenvalue weighted by Crippen LogP contribution is 2.22. The number of nitro groups is 1. The van der Waals surface area contributed by atoms with Gasteiger partial charge in [0.15, 0.2) is 5.96 Å². The highest BCUT2D eigenvalue weighted by Gasteiger charge is 2.15. The lowest BCUT2D eigenvalue weighted by Crippen LogP contribution is -2.40. The molecule has 0 unspecified atom stereocenters. The maximum Gasteiger partial charge on any atom is 0.292 e. The van der Waals surface area contributed by atoms with E-state index < -0.39 is 0 Å². The summed E-state index contributed by atoms with van der Waals surface area (Å²) in [5.41, 5.74) is 0.609. The number of nitrogens with zero attached hydrogens (tertiary/aromatic N) is 3. The Labute approximate surface area is 161 Å². The van der Waals surface area contributed by atoms with Crippen molar-refractivity contribution in [1.82, 2.24) is 10.2 Å². The molecule has 27 heavy (non-hydrogen) atoms. The van der Waals surface area contributed by atoms with Gasteiger partial charge in [0.1, 0.15) is 5.69 Å². The number of nitrogens with one attached hydrogen (secondary N) is 2. The summed E-state index contributed by atoms with van der Waals surface area (Å²) in [5, 5.41) is 17.5. The largest absolute Gasteiger partial charge is 0.381 e. The van der Waals surface area contributed by atoms with E-state index in [2.05, 4.69) is 27.6 Å². The molecule has 0 aliphatic carbocycles. The van der Waals surface area contributed by atoms with Crippen LogP contribution in [0.1, 0.15) is 26.2 Å². The Balaban J connectivity index is 1.82. The average molecular weight is 377 g/mol. The molecule has 8 heteroatoms. The maximum absolute atomic E-state index is 11.1. The van der Waals surface area contributed by atoms with Crippen LogP contribution in [0.25, 0.3) is 0 Å². The Morgan fingerprint density at radius 1 is 1.37 bits per heavy atom. The van der Waals surface area contributed by atoms with E-state index in [1.165, 1.54) is 6.07 Å². The van der Waals surface area contributed by atoms with Gasteiger partial charge in [-0.3, -0.25) is 15.1 Å². The van der Waals surface area contributed by atoms with Crippen molar-refractivity contribution in [3.05, 3.63) is 34.4 Å². The van der Waals surface area contributed by atoms with Crippen LogP contribution in [0.5, 0.6) is 0 Å². The van der Waals surface area contributed by atoms with Gasteiger partial charge >= 0.3 is 0 Å². The predicted octanol–water partition coefficient (Wildman–Crippen LogP) is 2.72. The van der Waals surface area contributed by atoms with Crippen molar-refractivity contribution in [2.45, 2.75) is 26.2 Å². The molecule has 0 bridgehead atoms. The summed E-state index contributed by atoms with van der Waals surface area (Å²) in [6, 6.07) is 6.66. The Bertz CT molecular complexity index is 617. The number of nitro benzene ring substituents is 1. The van der Waals surface area contributed by atoms with Gasteiger partial charge in [0.2, 0.25) is 0 Å². The van der Waals surface area contributed by atoms with Crippen LogP contribution in [-0.2, 0) is 4.74 Å². The lowest BCUT2D eigenvalue weighted by Gasteiger charge is -2.26. The fraction of sp³-hybridized carbons (Fsp3) is 0.632. The molecule has 0 saturated carbocycles. The highest BCUT2D eigenvalue weighted by molar-refractivity contribution is 5.79. The van der Waals surface area contributed by atoms with E-state index in [0.29, 0.717) is 18.8 Å². The molecule has 0 radical (unpaired) electrons. The van der Waals surface area contributed by atoms with E-state index in [9.17, 15) is 10.1 Å². The van der Waals surface area contributed by atoms with Gasteiger partial charge in [0.25, 0.3) is 5.69 Å². The van der Waals surface area contributed by atoms with Crippen LogP contribution in [-0.4, -0.2) is 62.2 Å². The lowest BCUT2D eigenvalue weighted by atomic mass is 9.96. The van der Waals surface area contributed by atoms with Gasteiger partial charge in [-0.1, -0.05) is 12.1 Å². The van der Waals surface area contributed by atoms with Crippen molar-refractivity contribution in [3.8, 4) is 0 Å². The second kappa shape index (κ2) is 11.4. The molecular weight excluding hydrogens is 346 g/mol. The molecule has 1 fully saturated rings. The van der Waals surface area contributed by atoms with Gasteiger partial charge in [0, 0.05) is 46.0 Å². The van der Waals surface area contributed by atoms with Gasteiger partial charge < -0.3 is 20.3 Å². The summed E-state index contributed by atoms with van der Waals surface area (Å²) in [6.45, 7) is 6.63. The van der Waals surface area contributed by atoms with Crippen molar-refractivity contribution in [3.63, 3.8) is 0 Å². The fourth-order valence-electron chi connectivity index (χ4n) is 3.12. The molecule has 0 spiro atoms. The van der Waals surface area contributed by atoms with Gasteiger partial charge in [-0.15, -0.1) is 0 Å². The van der Waals surface area contributed by atoms with E-state index in [4.69, 9.17) is 4.74 Å². The summed E-state index contributed by atoms with van der Waals surface area (Å²) in [6.07, 6.45) is 3.42. The molecule has 0 atom stereocenters. The van der Waals surface area contributed by atoms with Gasteiger partial charge in [-0.2, -0.15) is 0 Å². The average Bonchev–Trinajstić information content (AvgIpc) is 2.69. The lowest BCUT2D eigenvalue weighted by molar-refractivity contribution is -0.384. The zero-order valence-electron chi connectivity index (χ0n) is 16.3.